The van der Waals surface area contributed by atoms with E-state index >= 15 is 0 Å². The molecule has 2 aromatic rings. The lowest BCUT2D eigenvalue weighted by Gasteiger charge is -2.20. The number of aryl methyl sites for hydroxylation is 1. The highest BCUT2D eigenvalue weighted by Crippen LogP contribution is 2.32. The smallest absolute Gasteiger partial charge is 0.231 e. The van der Waals surface area contributed by atoms with Crippen molar-refractivity contribution in [3.8, 4) is 17.2 Å². The summed E-state index contributed by atoms with van der Waals surface area (Å²) in [7, 11) is 0. The molecule has 1 aliphatic rings. The first-order valence-corrected chi connectivity index (χ1v) is 10.2. The Bertz CT molecular complexity index is 787. The normalized spacial score (nSPS) is 13.3. The number of rotatable bonds is 12. The van der Waals surface area contributed by atoms with Gasteiger partial charge in [-0.2, -0.15) is 4.98 Å². The quantitative estimate of drug-likeness (QED) is 0.464. The molecule has 8 nitrogen and oxygen atoms in total. The Morgan fingerprint density at radius 3 is 2.93 bits per heavy atom. The van der Waals surface area contributed by atoms with Gasteiger partial charge in [-0.1, -0.05) is 25.8 Å². The lowest BCUT2D eigenvalue weighted by molar-refractivity contribution is 0.174. The molecular weight excluding hydrogens is 372 g/mol. The molecule has 0 amide bonds. The molecule has 0 unspecified atom stereocenters. The van der Waals surface area contributed by atoms with Gasteiger partial charge in [0.2, 0.25) is 12.7 Å². The molecule has 0 aliphatic carbocycles. The summed E-state index contributed by atoms with van der Waals surface area (Å²) in [4.78, 5) is 8.35. The second-order valence-electron chi connectivity index (χ2n) is 7.08. The molecule has 0 saturated carbocycles. The van der Waals surface area contributed by atoms with Gasteiger partial charge in [-0.05, 0) is 43.4 Å². The van der Waals surface area contributed by atoms with Crippen molar-refractivity contribution in [3.05, 3.63) is 30.0 Å². The van der Waals surface area contributed by atoms with Gasteiger partial charge in [0.05, 0.1) is 12.8 Å². The van der Waals surface area contributed by atoms with Gasteiger partial charge in [-0.15, -0.1) is 0 Å². The average molecular weight is 402 g/mol. The Kier molecular flexibility index (Phi) is 7.75. The molecule has 1 aromatic carbocycles. The van der Waals surface area contributed by atoms with Gasteiger partial charge in [0, 0.05) is 12.6 Å². The van der Waals surface area contributed by atoms with Crippen LogP contribution in [0.25, 0.3) is 0 Å². The number of ether oxygens (including phenoxy) is 3. The summed E-state index contributed by atoms with van der Waals surface area (Å²) >= 11 is 0. The van der Waals surface area contributed by atoms with E-state index in [1.165, 1.54) is 5.56 Å². The molecule has 0 fully saturated rings. The van der Waals surface area contributed by atoms with Gasteiger partial charge in [-0.3, -0.25) is 0 Å². The van der Waals surface area contributed by atoms with E-state index in [-0.39, 0.29) is 25.4 Å². The van der Waals surface area contributed by atoms with Crippen LogP contribution in [0.5, 0.6) is 17.2 Å². The molecule has 158 valence electrons. The molecule has 0 saturated heterocycles. The van der Waals surface area contributed by atoms with Crippen LogP contribution in [0.1, 0.15) is 44.6 Å². The minimum Gasteiger partial charge on any atom is -0.488 e. The van der Waals surface area contributed by atoms with Gasteiger partial charge in [0.25, 0.3) is 0 Å². The Hall–Kier alpha value is -2.74. The van der Waals surface area contributed by atoms with E-state index < -0.39 is 0 Å². The van der Waals surface area contributed by atoms with E-state index in [1.54, 1.807) is 6.20 Å². The molecule has 1 aromatic heterocycles. The van der Waals surface area contributed by atoms with Gasteiger partial charge in [-0.25, -0.2) is 4.98 Å². The van der Waals surface area contributed by atoms with E-state index in [2.05, 4.69) is 22.2 Å². The number of aliphatic hydroxyl groups is 1. The van der Waals surface area contributed by atoms with E-state index in [4.69, 9.17) is 19.9 Å². The number of nitrogen functional groups attached to an aromatic ring is 1. The van der Waals surface area contributed by atoms with Gasteiger partial charge < -0.3 is 30.4 Å². The van der Waals surface area contributed by atoms with Gasteiger partial charge >= 0.3 is 0 Å². The molecule has 0 radical (unpaired) electrons. The predicted octanol–water partition coefficient (Wildman–Crippen LogP) is 3.15. The summed E-state index contributed by atoms with van der Waals surface area (Å²) in [6.45, 7) is 3.07. The fourth-order valence-electron chi connectivity index (χ4n) is 3.24. The number of unbranched alkanes of at least 4 members (excludes halogenated alkanes) is 1. The second kappa shape index (κ2) is 10.7. The lowest BCUT2D eigenvalue weighted by Crippen LogP contribution is -2.22. The molecule has 2 heterocycles. The van der Waals surface area contributed by atoms with Crippen molar-refractivity contribution in [3.63, 3.8) is 0 Å². The number of nitrogens with two attached hydrogens (primary N) is 1. The predicted molar refractivity (Wildman–Crippen MR) is 111 cm³/mol. The standard InChI is InChI=1S/C21H30N4O4/c1-2-3-6-16(9-10-26)24-20-19(13-23-21(22)25-20)27-11-4-5-15-7-8-17-18(12-15)29-14-28-17/h7-8,12-13,16,26H,2-6,9-11,14H2,1H3,(H3,22,23,24,25)/t16-/m0/s1. The number of aromatic nitrogens is 2. The second-order valence-corrected chi connectivity index (χ2v) is 7.08. The Morgan fingerprint density at radius 2 is 2.10 bits per heavy atom. The largest absolute Gasteiger partial charge is 0.488 e. The SMILES string of the molecule is CCCC[C@@H](CCO)Nc1nc(N)ncc1OCCCc1ccc2c(c1)OCO2. The third-order valence-electron chi connectivity index (χ3n) is 4.80. The Balaban J connectivity index is 1.54. The van der Waals surface area contributed by atoms with Crippen LogP contribution in [-0.4, -0.2) is 41.1 Å². The molecule has 0 bridgehead atoms. The van der Waals surface area contributed by atoms with Crippen LogP contribution in [0.4, 0.5) is 11.8 Å². The summed E-state index contributed by atoms with van der Waals surface area (Å²) in [5, 5.41) is 12.7. The van der Waals surface area contributed by atoms with Gasteiger partial charge in [0.1, 0.15) is 0 Å². The van der Waals surface area contributed by atoms with Crippen molar-refractivity contribution >= 4 is 11.8 Å². The van der Waals surface area contributed by atoms with Crippen LogP contribution in [0.3, 0.4) is 0 Å². The number of nitrogens with zero attached hydrogens (tertiary/aromatic N) is 2. The fourth-order valence-corrected chi connectivity index (χ4v) is 3.24. The number of hydrogen-bond acceptors (Lipinski definition) is 8. The average Bonchev–Trinajstić information content (AvgIpc) is 3.19. The lowest BCUT2D eigenvalue weighted by atomic mass is 10.1. The summed E-state index contributed by atoms with van der Waals surface area (Å²) in [6, 6.07) is 6.10. The summed E-state index contributed by atoms with van der Waals surface area (Å²) in [5.74, 6) is 2.93. The third kappa shape index (κ3) is 6.12. The number of aliphatic hydroxyl groups excluding tert-OH is 1. The fraction of sp³-hybridized carbons (Fsp3) is 0.524. The van der Waals surface area contributed by atoms with Crippen molar-refractivity contribution in [2.45, 2.75) is 51.5 Å². The number of hydrogen-bond donors (Lipinski definition) is 3. The summed E-state index contributed by atoms with van der Waals surface area (Å²) in [6.07, 6.45) is 7.06. The minimum atomic E-state index is 0.116. The molecule has 0 spiro atoms. The van der Waals surface area contributed by atoms with E-state index in [1.807, 2.05) is 18.2 Å². The maximum absolute atomic E-state index is 9.33. The highest BCUT2D eigenvalue weighted by atomic mass is 16.7. The van der Waals surface area contributed by atoms with Crippen LogP contribution < -0.4 is 25.3 Å². The first kappa shape index (κ1) is 21.0. The summed E-state index contributed by atoms with van der Waals surface area (Å²) < 4.78 is 16.7. The topological polar surface area (TPSA) is 112 Å². The number of nitrogens with one attached hydrogen (secondary N) is 1. The molecule has 29 heavy (non-hydrogen) atoms. The van der Waals surface area contributed by atoms with E-state index in [0.717, 1.165) is 43.6 Å². The number of fused-ring (bicyclic) bond motifs is 1. The first-order chi connectivity index (χ1) is 14.2. The molecule has 8 heteroatoms. The van der Waals surface area contributed by atoms with Crippen LogP contribution in [0, 0.1) is 0 Å². The van der Waals surface area contributed by atoms with E-state index in [0.29, 0.717) is 24.6 Å². The molecule has 1 atom stereocenters. The minimum absolute atomic E-state index is 0.116. The van der Waals surface area contributed by atoms with Crippen LogP contribution in [0.15, 0.2) is 24.4 Å². The zero-order valence-corrected chi connectivity index (χ0v) is 16.9. The zero-order chi connectivity index (χ0) is 20.5. The number of benzene rings is 1. The van der Waals surface area contributed by atoms with Crippen LogP contribution in [0.2, 0.25) is 0 Å². The van der Waals surface area contributed by atoms with Crippen LogP contribution in [-0.2, 0) is 6.42 Å². The molecule has 4 N–H and O–H groups in total. The van der Waals surface area contributed by atoms with Crippen molar-refractivity contribution in [1.82, 2.24) is 9.97 Å². The van der Waals surface area contributed by atoms with Crippen molar-refractivity contribution in [1.29, 1.82) is 0 Å². The van der Waals surface area contributed by atoms with E-state index in [9.17, 15) is 5.11 Å². The molecule has 3 rings (SSSR count). The molecule has 1 aliphatic heterocycles. The van der Waals surface area contributed by atoms with Crippen molar-refractivity contribution in [2.75, 3.05) is 31.1 Å². The highest BCUT2D eigenvalue weighted by Gasteiger charge is 2.15. The van der Waals surface area contributed by atoms with Gasteiger partial charge in [0.15, 0.2) is 23.1 Å². The maximum Gasteiger partial charge on any atom is 0.231 e. The number of anilines is 2. The zero-order valence-electron chi connectivity index (χ0n) is 16.9. The Morgan fingerprint density at radius 1 is 1.24 bits per heavy atom. The highest BCUT2D eigenvalue weighted by molar-refractivity contribution is 5.51. The van der Waals surface area contributed by atoms with Crippen molar-refractivity contribution < 1.29 is 19.3 Å². The molecular formula is C21H30N4O4. The monoisotopic (exact) mass is 402 g/mol. The Labute approximate surface area is 171 Å². The van der Waals surface area contributed by atoms with Crippen molar-refractivity contribution in [2.24, 2.45) is 0 Å². The maximum atomic E-state index is 9.33. The summed E-state index contributed by atoms with van der Waals surface area (Å²) in [5.41, 5.74) is 6.94. The first-order valence-electron chi connectivity index (χ1n) is 10.2. The van der Waals surface area contributed by atoms with Crippen LogP contribution >= 0.6 is 0 Å². The third-order valence-corrected chi connectivity index (χ3v) is 4.80.